The summed E-state index contributed by atoms with van der Waals surface area (Å²) in [5.41, 5.74) is 0.317. The molecule has 0 aliphatic heterocycles. The Morgan fingerprint density at radius 3 is 2.53 bits per heavy atom. The molecular formula is C12H25NO2. The molecule has 0 spiro atoms. The van der Waals surface area contributed by atoms with Gasteiger partial charge in [-0.2, -0.15) is 0 Å². The van der Waals surface area contributed by atoms with Gasteiger partial charge in [-0.1, -0.05) is 34.1 Å². The molecule has 3 nitrogen and oxygen atoms in total. The van der Waals surface area contributed by atoms with Gasteiger partial charge in [0, 0.05) is 13.0 Å². The van der Waals surface area contributed by atoms with Gasteiger partial charge < -0.3 is 10.4 Å². The topological polar surface area (TPSA) is 49.3 Å². The van der Waals surface area contributed by atoms with Crippen LogP contribution in [0.5, 0.6) is 0 Å². The van der Waals surface area contributed by atoms with E-state index in [0.717, 1.165) is 13.1 Å². The van der Waals surface area contributed by atoms with Crippen molar-refractivity contribution in [3.8, 4) is 0 Å². The van der Waals surface area contributed by atoms with E-state index in [4.69, 9.17) is 5.11 Å². The van der Waals surface area contributed by atoms with E-state index in [1.54, 1.807) is 0 Å². The first-order valence-corrected chi connectivity index (χ1v) is 5.80. The predicted molar refractivity (Wildman–Crippen MR) is 63.0 cm³/mol. The average molecular weight is 215 g/mol. The third-order valence-corrected chi connectivity index (χ3v) is 2.55. The highest BCUT2D eigenvalue weighted by Gasteiger charge is 2.16. The third-order valence-electron chi connectivity index (χ3n) is 2.55. The quantitative estimate of drug-likeness (QED) is 0.654. The summed E-state index contributed by atoms with van der Waals surface area (Å²) in [5.74, 6) is -0.503. The number of rotatable bonds is 8. The molecule has 0 saturated carbocycles. The molecule has 0 heterocycles. The summed E-state index contributed by atoms with van der Waals surface area (Å²) < 4.78 is 0. The van der Waals surface area contributed by atoms with Gasteiger partial charge in [-0.15, -0.1) is 0 Å². The van der Waals surface area contributed by atoms with Crippen LogP contribution in [0.3, 0.4) is 0 Å². The fraction of sp³-hybridized carbons (Fsp3) is 0.917. The first kappa shape index (κ1) is 14.4. The Balaban J connectivity index is 3.64. The molecule has 0 aromatic rings. The highest BCUT2D eigenvalue weighted by atomic mass is 16.4. The predicted octanol–water partition coefficient (Wildman–Crippen LogP) is 2.51. The zero-order chi connectivity index (χ0) is 11.9. The molecule has 0 rings (SSSR count). The van der Waals surface area contributed by atoms with Crippen molar-refractivity contribution < 1.29 is 9.90 Å². The fourth-order valence-electron chi connectivity index (χ4n) is 1.79. The Hall–Kier alpha value is -0.570. The first-order chi connectivity index (χ1) is 6.87. The van der Waals surface area contributed by atoms with E-state index < -0.39 is 5.97 Å². The molecule has 15 heavy (non-hydrogen) atoms. The lowest BCUT2D eigenvalue weighted by atomic mass is 9.88. The molecule has 0 aromatic carbocycles. The molecule has 1 unspecified atom stereocenters. The van der Waals surface area contributed by atoms with Gasteiger partial charge in [0.2, 0.25) is 0 Å². The minimum atomic E-state index is -0.711. The smallest absolute Gasteiger partial charge is 0.303 e. The molecule has 0 amide bonds. The number of nitrogens with one attached hydrogen (secondary N) is 1. The summed E-state index contributed by atoms with van der Waals surface area (Å²) in [7, 11) is 0. The van der Waals surface area contributed by atoms with Gasteiger partial charge in [0.05, 0.1) is 0 Å². The first-order valence-electron chi connectivity index (χ1n) is 5.80. The van der Waals surface area contributed by atoms with E-state index in [9.17, 15) is 4.79 Å². The molecule has 1 atom stereocenters. The van der Waals surface area contributed by atoms with Crippen molar-refractivity contribution in [2.45, 2.75) is 47.0 Å². The van der Waals surface area contributed by atoms with Crippen LogP contribution < -0.4 is 5.32 Å². The van der Waals surface area contributed by atoms with Crippen LogP contribution in [0, 0.1) is 11.3 Å². The van der Waals surface area contributed by atoms with E-state index in [1.807, 2.05) is 6.92 Å². The van der Waals surface area contributed by atoms with Gasteiger partial charge in [0.1, 0.15) is 0 Å². The Morgan fingerprint density at radius 2 is 2.07 bits per heavy atom. The van der Waals surface area contributed by atoms with E-state index in [0.29, 0.717) is 5.41 Å². The molecule has 0 aromatic heterocycles. The molecule has 3 heteroatoms. The molecule has 90 valence electrons. The summed E-state index contributed by atoms with van der Waals surface area (Å²) >= 11 is 0. The number of carbonyl (C=O) groups is 1. The molecule has 0 fully saturated rings. The highest BCUT2D eigenvalue weighted by molar-refractivity contribution is 5.66. The minimum Gasteiger partial charge on any atom is -0.481 e. The largest absolute Gasteiger partial charge is 0.481 e. The SMILES string of the molecule is CCCC(C)(C)CNCC(C)CC(=O)O. The van der Waals surface area contributed by atoms with Crippen LogP contribution in [-0.2, 0) is 4.79 Å². The molecule has 0 saturated heterocycles. The second kappa shape index (κ2) is 6.83. The maximum absolute atomic E-state index is 10.4. The monoisotopic (exact) mass is 215 g/mol. The maximum atomic E-state index is 10.4. The third kappa shape index (κ3) is 8.43. The van der Waals surface area contributed by atoms with Crippen LogP contribution in [0.25, 0.3) is 0 Å². The van der Waals surface area contributed by atoms with Crippen molar-refractivity contribution in [3.05, 3.63) is 0 Å². The Labute approximate surface area is 93.3 Å². The molecule has 0 bridgehead atoms. The molecule has 0 radical (unpaired) electrons. The van der Waals surface area contributed by atoms with Crippen molar-refractivity contribution in [1.29, 1.82) is 0 Å². The molecule has 0 aliphatic carbocycles. The summed E-state index contributed by atoms with van der Waals surface area (Å²) in [4.78, 5) is 10.4. The zero-order valence-electron chi connectivity index (χ0n) is 10.5. The van der Waals surface area contributed by atoms with E-state index in [2.05, 4.69) is 26.1 Å². The summed E-state index contributed by atoms with van der Waals surface area (Å²) in [6.45, 7) is 10.4. The summed E-state index contributed by atoms with van der Waals surface area (Å²) in [5, 5.41) is 12.0. The molecule has 0 aliphatic rings. The zero-order valence-corrected chi connectivity index (χ0v) is 10.5. The van der Waals surface area contributed by atoms with E-state index >= 15 is 0 Å². The number of aliphatic carboxylic acids is 1. The van der Waals surface area contributed by atoms with Crippen molar-refractivity contribution in [2.75, 3.05) is 13.1 Å². The maximum Gasteiger partial charge on any atom is 0.303 e. The highest BCUT2D eigenvalue weighted by Crippen LogP contribution is 2.20. The average Bonchev–Trinajstić information content (AvgIpc) is 2.01. The second-order valence-electron chi connectivity index (χ2n) is 5.25. The Bertz CT molecular complexity index is 190. The van der Waals surface area contributed by atoms with Gasteiger partial charge in [-0.25, -0.2) is 0 Å². The lowest BCUT2D eigenvalue weighted by molar-refractivity contribution is -0.137. The van der Waals surface area contributed by atoms with E-state index in [1.165, 1.54) is 12.8 Å². The van der Waals surface area contributed by atoms with Gasteiger partial charge in [0.25, 0.3) is 0 Å². The van der Waals surface area contributed by atoms with Crippen molar-refractivity contribution >= 4 is 5.97 Å². The standard InChI is InChI=1S/C12H25NO2/c1-5-6-12(3,4)9-13-8-10(2)7-11(14)15/h10,13H,5-9H2,1-4H3,(H,14,15). The Morgan fingerprint density at radius 1 is 1.47 bits per heavy atom. The van der Waals surface area contributed by atoms with Gasteiger partial charge >= 0.3 is 5.97 Å². The number of hydrogen-bond donors (Lipinski definition) is 2. The number of hydrogen-bond acceptors (Lipinski definition) is 2. The van der Waals surface area contributed by atoms with Crippen LogP contribution in [0.2, 0.25) is 0 Å². The van der Waals surface area contributed by atoms with Crippen molar-refractivity contribution in [1.82, 2.24) is 5.32 Å². The van der Waals surface area contributed by atoms with Crippen LogP contribution in [0.15, 0.2) is 0 Å². The van der Waals surface area contributed by atoms with Crippen LogP contribution in [-0.4, -0.2) is 24.2 Å². The van der Waals surface area contributed by atoms with Crippen molar-refractivity contribution in [2.24, 2.45) is 11.3 Å². The minimum absolute atomic E-state index is 0.208. The van der Waals surface area contributed by atoms with Crippen LogP contribution >= 0.6 is 0 Å². The van der Waals surface area contributed by atoms with E-state index in [-0.39, 0.29) is 12.3 Å². The summed E-state index contributed by atoms with van der Waals surface area (Å²) in [6.07, 6.45) is 2.65. The molecule has 2 N–H and O–H groups in total. The lowest BCUT2D eigenvalue weighted by Gasteiger charge is -2.25. The lowest BCUT2D eigenvalue weighted by Crippen LogP contribution is -2.32. The normalized spacial score (nSPS) is 13.9. The second-order valence-corrected chi connectivity index (χ2v) is 5.25. The molecular weight excluding hydrogens is 190 g/mol. The van der Waals surface area contributed by atoms with Gasteiger partial charge in [0.15, 0.2) is 0 Å². The van der Waals surface area contributed by atoms with Crippen molar-refractivity contribution in [3.63, 3.8) is 0 Å². The van der Waals surface area contributed by atoms with Gasteiger partial charge in [-0.3, -0.25) is 4.79 Å². The fourth-order valence-corrected chi connectivity index (χ4v) is 1.79. The van der Waals surface area contributed by atoms with Gasteiger partial charge in [-0.05, 0) is 24.3 Å². The number of carboxylic acid groups (broad SMARTS) is 1. The van der Waals surface area contributed by atoms with Crippen LogP contribution in [0.1, 0.15) is 47.0 Å². The summed E-state index contributed by atoms with van der Waals surface area (Å²) in [6, 6.07) is 0. The Kier molecular flexibility index (Phi) is 6.57. The van der Waals surface area contributed by atoms with Crippen LogP contribution in [0.4, 0.5) is 0 Å². The number of carboxylic acids is 1.